The van der Waals surface area contributed by atoms with E-state index in [0.29, 0.717) is 22.4 Å². The van der Waals surface area contributed by atoms with Crippen molar-refractivity contribution in [2.24, 2.45) is 4.99 Å². The molecule has 0 aliphatic carbocycles. The fourth-order valence-electron chi connectivity index (χ4n) is 2.46. The molecule has 3 rings (SSSR count). The van der Waals surface area contributed by atoms with E-state index in [1.165, 1.54) is 36.8 Å². The first-order valence-electron chi connectivity index (χ1n) is 8.20. The van der Waals surface area contributed by atoms with Crippen LogP contribution in [0.3, 0.4) is 0 Å². The number of halogens is 8. The van der Waals surface area contributed by atoms with Crippen LogP contribution in [-0.2, 0) is 6.18 Å². The van der Waals surface area contributed by atoms with E-state index in [9.17, 15) is 31.6 Å². The smallest absolute Gasteiger partial charge is 0.265 e. The lowest BCUT2D eigenvalue weighted by atomic mass is 10.2. The molecule has 0 aliphatic heterocycles. The van der Waals surface area contributed by atoms with Crippen molar-refractivity contribution in [3.8, 4) is 11.8 Å². The van der Waals surface area contributed by atoms with Crippen LogP contribution in [0.4, 0.5) is 32.2 Å². The van der Waals surface area contributed by atoms with Crippen molar-refractivity contribution < 1.29 is 26.3 Å². The van der Waals surface area contributed by atoms with Crippen LogP contribution in [0.15, 0.2) is 46.5 Å². The van der Waals surface area contributed by atoms with Crippen molar-refractivity contribution in [1.82, 2.24) is 14.8 Å². The van der Waals surface area contributed by atoms with E-state index in [2.05, 4.69) is 15.1 Å². The van der Waals surface area contributed by atoms with E-state index in [1.807, 2.05) is 0 Å². The van der Waals surface area contributed by atoms with E-state index < -0.39 is 55.5 Å². The normalized spacial score (nSPS) is 12.3. The number of aliphatic imine (C=N–C) groups is 1. The summed E-state index contributed by atoms with van der Waals surface area (Å²) in [6.45, 7) is 0. The van der Waals surface area contributed by atoms with Gasteiger partial charge in [0.2, 0.25) is 0 Å². The van der Waals surface area contributed by atoms with Crippen LogP contribution in [0, 0.1) is 11.3 Å². The number of nitriles is 1. The Morgan fingerprint density at radius 3 is 2.16 bits per heavy atom. The van der Waals surface area contributed by atoms with Gasteiger partial charge in [0.25, 0.3) is 0 Å². The Morgan fingerprint density at radius 1 is 1.06 bits per heavy atom. The van der Waals surface area contributed by atoms with E-state index >= 15 is 0 Å². The van der Waals surface area contributed by atoms with E-state index in [1.54, 1.807) is 0 Å². The molecule has 5 nitrogen and oxygen atoms in total. The predicted octanol–water partition coefficient (Wildman–Crippen LogP) is 6.83. The Morgan fingerprint density at radius 2 is 1.66 bits per heavy atom. The lowest BCUT2D eigenvalue weighted by molar-refractivity contribution is -0.137. The van der Waals surface area contributed by atoms with Crippen molar-refractivity contribution in [2.75, 3.05) is 0 Å². The van der Waals surface area contributed by atoms with Crippen molar-refractivity contribution in [3.63, 3.8) is 0 Å². The zero-order valence-corrected chi connectivity index (χ0v) is 17.5. The number of hydrogen-bond acceptors (Lipinski definition) is 5. The average molecular weight is 510 g/mol. The van der Waals surface area contributed by atoms with Gasteiger partial charge in [-0.3, -0.25) is 4.98 Å². The maximum absolute atomic E-state index is 13.1. The van der Waals surface area contributed by atoms with Gasteiger partial charge in [-0.1, -0.05) is 23.2 Å². The lowest BCUT2D eigenvalue weighted by Gasteiger charge is -2.13. The van der Waals surface area contributed by atoms with Crippen molar-refractivity contribution in [3.05, 3.63) is 63.5 Å². The molecule has 0 saturated carbocycles. The van der Waals surface area contributed by atoms with E-state index in [4.69, 9.17) is 23.2 Å². The third-order valence-corrected chi connectivity index (χ3v) is 5.13. The van der Waals surface area contributed by atoms with Crippen LogP contribution >= 0.6 is 35.0 Å². The van der Waals surface area contributed by atoms with E-state index in [0.717, 1.165) is 0 Å². The van der Waals surface area contributed by atoms with Crippen LogP contribution in [0.25, 0.3) is 5.69 Å². The molecule has 2 aromatic heterocycles. The maximum atomic E-state index is 13.1. The maximum Gasteiger partial charge on any atom is 0.446 e. The highest BCUT2D eigenvalue weighted by Gasteiger charge is 2.36. The van der Waals surface area contributed by atoms with E-state index in [-0.39, 0.29) is 5.69 Å². The van der Waals surface area contributed by atoms with Gasteiger partial charge in [-0.15, -0.1) is 0 Å². The predicted molar refractivity (Wildman–Crippen MR) is 107 cm³/mol. The van der Waals surface area contributed by atoms with Gasteiger partial charge in [-0.2, -0.15) is 36.7 Å². The zero-order valence-electron chi connectivity index (χ0n) is 15.2. The second-order valence-corrected chi connectivity index (χ2v) is 7.79. The van der Waals surface area contributed by atoms with Crippen LogP contribution in [-0.4, -0.2) is 26.5 Å². The standard InChI is InChI=1S/C18H7Cl2F6N5S/c19-11-5-10(17(21,22)23)6-12(20)14(11)31-16(29-8-9-1-3-28-4-2-9)15(13(7-27)30-31)32-18(24,25)26/h1-6,8H. The number of hydrogen-bond donors (Lipinski definition) is 0. The minimum Gasteiger partial charge on any atom is -0.265 e. The third kappa shape index (κ3) is 5.35. The summed E-state index contributed by atoms with van der Waals surface area (Å²) in [4.78, 5) is 7.12. The van der Waals surface area contributed by atoms with Crippen LogP contribution in [0.1, 0.15) is 16.8 Å². The summed E-state index contributed by atoms with van der Waals surface area (Å²) in [6, 6.07) is 5.62. The highest BCUT2D eigenvalue weighted by molar-refractivity contribution is 8.00. The Bertz CT molecular complexity index is 1190. The molecular formula is C18H7Cl2F6N5S. The number of alkyl halides is 6. The number of aromatic nitrogens is 3. The highest BCUT2D eigenvalue weighted by Crippen LogP contribution is 2.46. The Hall–Kier alpha value is -2.75. The van der Waals surface area contributed by atoms with Crippen LogP contribution in [0.2, 0.25) is 10.0 Å². The highest BCUT2D eigenvalue weighted by atomic mass is 35.5. The molecular weight excluding hydrogens is 503 g/mol. The number of benzene rings is 1. The number of thioether (sulfide) groups is 1. The number of pyridine rings is 1. The molecule has 0 amide bonds. The number of rotatable bonds is 4. The van der Waals surface area contributed by atoms with Gasteiger partial charge >= 0.3 is 11.7 Å². The Kier molecular flexibility index (Phi) is 6.73. The molecule has 0 bridgehead atoms. The van der Waals surface area contributed by atoms with Gasteiger partial charge in [-0.25, -0.2) is 9.67 Å². The van der Waals surface area contributed by atoms with Crippen LogP contribution in [0.5, 0.6) is 0 Å². The molecule has 0 spiro atoms. The SMILES string of the molecule is N#Cc1nn(-c2c(Cl)cc(C(F)(F)F)cc2Cl)c(N=Cc2ccncc2)c1SC(F)(F)F. The molecule has 32 heavy (non-hydrogen) atoms. The molecule has 3 aromatic rings. The van der Waals surface area contributed by atoms with Gasteiger partial charge in [0.1, 0.15) is 11.8 Å². The van der Waals surface area contributed by atoms with Gasteiger partial charge in [0, 0.05) is 18.6 Å². The minimum absolute atomic E-state index is 0.367. The largest absolute Gasteiger partial charge is 0.446 e. The van der Waals surface area contributed by atoms with Crippen LogP contribution < -0.4 is 0 Å². The summed E-state index contributed by atoms with van der Waals surface area (Å²) in [6.07, 6.45) is -0.779. The fourth-order valence-corrected chi connectivity index (χ4v) is 3.76. The van der Waals surface area contributed by atoms with Crippen molar-refractivity contribution >= 4 is 47.0 Å². The molecule has 0 unspecified atom stereocenters. The molecule has 0 fully saturated rings. The Balaban J connectivity index is 2.27. The zero-order chi connectivity index (χ0) is 23.7. The topological polar surface area (TPSA) is 66.9 Å². The summed E-state index contributed by atoms with van der Waals surface area (Å²) in [7, 11) is 0. The molecule has 166 valence electrons. The van der Waals surface area contributed by atoms with Gasteiger partial charge in [0.05, 0.1) is 20.5 Å². The first-order chi connectivity index (χ1) is 14.9. The molecule has 0 atom stereocenters. The molecule has 14 heteroatoms. The summed E-state index contributed by atoms with van der Waals surface area (Å²) in [5, 5.41) is 12.0. The second kappa shape index (κ2) is 9.01. The molecule has 0 N–H and O–H groups in total. The Labute approximate surface area is 190 Å². The monoisotopic (exact) mass is 509 g/mol. The summed E-state index contributed by atoms with van der Waals surface area (Å²) in [5.41, 5.74) is -6.57. The fraction of sp³-hybridized carbons (Fsp3) is 0.111. The van der Waals surface area contributed by atoms with Gasteiger partial charge in [0.15, 0.2) is 11.5 Å². The first kappa shape index (κ1) is 23.9. The molecule has 0 radical (unpaired) electrons. The second-order valence-electron chi connectivity index (χ2n) is 5.90. The van der Waals surface area contributed by atoms with Crippen molar-refractivity contribution in [1.29, 1.82) is 5.26 Å². The molecule has 0 saturated heterocycles. The third-order valence-electron chi connectivity index (χ3n) is 3.74. The van der Waals surface area contributed by atoms with Gasteiger partial charge in [-0.05, 0) is 41.6 Å². The lowest BCUT2D eigenvalue weighted by Crippen LogP contribution is -2.07. The molecule has 2 heterocycles. The average Bonchev–Trinajstić information content (AvgIpc) is 3.01. The van der Waals surface area contributed by atoms with Gasteiger partial charge < -0.3 is 0 Å². The first-order valence-corrected chi connectivity index (χ1v) is 9.77. The summed E-state index contributed by atoms with van der Waals surface area (Å²) in [5.74, 6) is -0.496. The summed E-state index contributed by atoms with van der Waals surface area (Å²) < 4.78 is 79.2. The molecule has 1 aromatic carbocycles. The molecule has 0 aliphatic rings. The minimum atomic E-state index is -4.81. The quantitative estimate of drug-likeness (QED) is 0.219. The summed E-state index contributed by atoms with van der Waals surface area (Å²) >= 11 is 11.3. The number of nitrogens with zero attached hydrogens (tertiary/aromatic N) is 5. The van der Waals surface area contributed by atoms with Crippen molar-refractivity contribution in [2.45, 2.75) is 16.6 Å².